The molecular weight excluding hydrogens is 336 g/mol. The number of thiol groups is 1. The lowest BCUT2D eigenvalue weighted by molar-refractivity contribution is 0.292. The van der Waals surface area contributed by atoms with E-state index in [1.807, 2.05) is 39.0 Å². The Hall–Kier alpha value is -1.38. The van der Waals surface area contributed by atoms with E-state index in [1.54, 1.807) is 12.3 Å². The van der Waals surface area contributed by atoms with Crippen LogP contribution in [-0.2, 0) is 6.61 Å². The molecule has 0 unspecified atom stereocenters. The fraction of sp³-hybridized carbons (Fsp3) is 0.267. The second kappa shape index (κ2) is 8.72. The summed E-state index contributed by atoms with van der Waals surface area (Å²) < 4.78 is 7.99. The van der Waals surface area contributed by atoms with Gasteiger partial charge in [0, 0.05) is 27.9 Å². The maximum Gasteiger partial charge on any atom is 0.234 e. The van der Waals surface area contributed by atoms with Crippen LogP contribution in [0.25, 0.3) is 0 Å². The molecule has 0 saturated heterocycles. The molecule has 1 aromatic carbocycles. The topological polar surface area (TPSA) is 27.1 Å². The van der Waals surface area contributed by atoms with Crippen molar-refractivity contribution in [2.24, 2.45) is 0 Å². The highest BCUT2D eigenvalue weighted by Gasteiger charge is 2.07. The molecule has 1 heterocycles. The van der Waals surface area contributed by atoms with Crippen LogP contribution in [0, 0.1) is 11.8 Å². The molecule has 2 rings (SSSR count). The number of ether oxygens (including phenoxy) is 1. The van der Waals surface area contributed by atoms with Crippen molar-refractivity contribution in [1.82, 2.24) is 9.19 Å². The van der Waals surface area contributed by atoms with Gasteiger partial charge in [0.05, 0.1) is 0 Å². The van der Waals surface area contributed by atoms with Gasteiger partial charge in [-0.05, 0) is 31.9 Å². The SMILES string of the molecule is CC.CC#Cc1cccc(Br)c1COc1ccn(S)n1. The lowest BCUT2D eigenvalue weighted by Gasteiger charge is -2.08. The molecule has 3 nitrogen and oxygen atoms in total. The van der Waals surface area contributed by atoms with Gasteiger partial charge in [0.1, 0.15) is 6.61 Å². The van der Waals surface area contributed by atoms with Crippen LogP contribution in [-0.4, -0.2) is 9.19 Å². The average Bonchev–Trinajstić information content (AvgIpc) is 2.86. The van der Waals surface area contributed by atoms with Crippen molar-refractivity contribution < 1.29 is 4.74 Å². The maximum atomic E-state index is 5.60. The number of benzene rings is 1. The summed E-state index contributed by atoms with van der Waals surface area (Å²) in [6.45, 7) is 6.23. The number of nitrogens with zero attached hydrogens (tertiary/aromatic N) is 2. The Labute approximate surface area is 134 Å². The van der Waals surface area contributed by atoms with Crippen LogP contribution in [0.2, 0.25) is 0 Å². The molecule has 5 heteroatoms. The summed E-state index contributed by atoms with van der Waals surface area (Å²) in [4.78, 5) is 0. The van der Waals surface area contributed by atoms with Crippen molar-refractivity contribution in [2.45, 2.75) is 27.4 Å². The highest BCUT2D eigenvalue weighted by atomic mass is 79.9. The summed E-state index contributed by atoms with van der Waals surface area (Å²) in [5, 5.41) is 4.04. The van der Waals surface area contributed by atoms with Gasteiger partial charge in [-0.2, -0.15) is 0 Å². The Morgan fingerprint density at radius 1 is 1.35 bits per heavy atom. The molecule has 1 aromatic heterocycles. The van der Waals surface area contributed by atoms with Crippen LogP contribution < -0.4 is 4.74 Å². The van der Waals surface area contributed by atoms with Gasteiger partial charge in [0.2, 0.25) is 5.88 Å². The van der Waals surface area contributed by atoms with Gasteiger partial charge in [-0.25, -0.2) is 4.09 Å². The molecule has 0 atom stereocenters. The van der Waals surface area contributed by atoms with Gasteiger partial charge in [-0.15, -0.1) is 11.0 Å². The summed E-state index contributed by atoms with van der Waals surface area (Å²) in [7, 11) is 0. The van der Waals surface area contributed by atoms with E-state index in [0.29, 0.717) is 12.5 Å². The predicted octanol–water partition coefficient (Wildman–Crippen LogP) is 4.32. The van der Waals surface area contributed by atoms with E-state index in [0.717, 1.165) is 15.6 Å². The highest BCUT2D eigenvalue weighted by Crippen LogP contribution is 2.22. The molecule has 0 N–H and O–H groups in total. The Morgan fingerprint density at radius 2 is 2.10 bits per heavy atom. The van der Waals surface area contributed by atoms with Crippen LogP contribution in [0.15, 0.2) is 34.9 Å². The molecule has 106 valence electrons. The molecule has 0 aliphatic rings. The summed E-state index contributed by atoms with van der Waals surface area (Å²) in [5.74, 6) is 6.49. The van der Waals surface area contributed by atoms with Crippen molar-refractivity contribution in [3.05, 3.63) is 46.1 Å². The van der Waals surface area contributed by atoms with E-state index in [2.05, 4.69) is 45.7 Å². The average molecular weight is 353 g/mol. The smallest absolute Gasteiger partial charge is 0.234 e. The lowest BCUT2D eigenvalue weighted by Crippen LogP contribution is -2.00. The van der Waals surface area contributed by atoms with Crippen LogP contribution in [0.1, 0.15) is 31.9 Å². The maximum absolute atomic E-state index is 5.60. The van der Waals surface area contributed by atoms with Crippen LogP contribution >= 0.6 is 28.7 Å². The van der Waals surface area contributed by atoms with Crippen molar-refractivity contribution in [3.8, 4) is 17.7 Å². The molecule has 0 amide bonds. The van der Waals surface area contributed by atoms with E-state index in [1.165, 1.54) is 4.09 Å². The molecule has 0 aliphatic heterocycles. The van der Waals surface area contributed by atoms with Crippen molar-refractivity contribution in [3.63, 3.8) is 0 Å². The monoisotopic (exact) mass is 352 g/mol. The first-order chi connectivity index (χ1) is 9.70. The predicted molar refractivity (Wildman–Crippen MR) is 89.0 cm³/mol. The van der Waals surface area contributed by atoms with Gasteiger partial charge >= 0.3 is 0 Å². The first-order valence-electron chi connectivity index (χ1n) is 6.28. The fourth-order valence-corrected chi connectivity index (χ4v) is 2.11. The van der Waals surface area contributed by atoms with Gasteiger partial charge in [0.15, 0.2) is 0 Å². The molecule has 0 radical (unpaired) electrons. The molecule has 2 aromatic rings. The zero-order valence-corrected chi connectivity index (χ0v) is 14.2. The molecule has 0 saturated carbocycles. The first kappa shape index (κ1) is 16.7. The van der Waals surface area contributed by atoms with E-state index in [-0.39, 0.29) is 0 Å². The van der Waals surface area contributed by atoms with Crippen LogP contribution in [0.5, 0.6) is 5.88 Å². The lowest BCUT2D eigenvalue weighted by atomic mass is 10.1. The summed E-state index contributed by atoms with van der Waals surface area (Å²) in [6, 6.07) is 7.65. The number of halogens is 1. The minimum atomic E-state index is 0.413. The Balaban J connectivity index is 0.000000956. The standard InChI is InChI=1S/C13H11BrN2OS.C2H6/c1-2-4-10-5-3-6-12(14)11(10)9-17-13-7-8-16(18)15-13;1-2/h3,5-8,18H,9H2,1H3;1-2H3. The van der Waals surface area contributed by atoms with Crippen LogP contribution in [0.4, 0.5) is 0 Å². The van der Waals surface area contributed by atoms with E-state index in [9.17, 15) is 0 Å². The molecule has 20 heavy (non-hydrogen) atoms. The molecular formula is C15H17BrN2OS. The minimum Gasteiger partial charge on any atom is -0.472 e. The second-order valence-corrected chi connectivity index (χ2v) is 4.77. The Kier molecular flexibility index (Phi) is 7.27. The number of rotatable bonds is 3. The molecule has 0 aliphatic carbocycles. The normalized spacial score (nSPS) is 9.05. The third-order valence-corrected chi connectivity index (χ3v) is 3.26. The fourth-order valence-electron chi connectivity index (χ4n) is 1.48. The van der Waals surface area contributed by atoms with Crippen molar-refractivity contribution in [1.29, 1.82) is 0 Å². The second-order valence-electron chi connectivity index (χ2n) is 3.50. The molecule has 0 spiro atoms. The zero-order valence-electron chi connectivity index (χ0n) is 11.7. The van der Waals surface area contributed by atoms with Gasteiger partial charge in [-0.3, -0.25) is 0 Å². The van der Waals surface area contributed by atoms with Gasteiger partial charge < -0.3 is 4.74 Å². The summed E-state index contributed by atoms with van der Waals surface area (Å²) in [6.07, 6.45) is 1.71. The van der Waals surface area contributed by atoms with Gasteiger partial charge in [0.25, 0.3) is 0 Å². The molecule has 0 bridgehead atoms. The largest absolute Gasteiger partial charge is 0.472 e. The highest BCUT2D eigenvalue weighted by molar-refractivity contribution is 9.10. The Bertz CT molecular complexity index is 614. The van der Waals surface area contributed by atoms with Crippen molar-refractivity contribution in [2.75, 3.05) is 0 Å². The van der Waals surface area contributed by atoms with E-state index >= 15 is 0 Å². The first-order valence-corrected chi connectivity index (χ1v) is 7.48. The minimum absolute atomic E-state index is 0.413. The van der Waals surface area contributed by atoms with Crippen LogP contribution in [0.3, 0.4) is 0 Å². The summed E-state index contributed by atoms with van der Waals surface area (Å²) in [5.41, 5.74) is 1.97. The number of hydrogen-bond donors (Lipinski definition) is 1. The molecule has 0 fully saturated rings. The van der Waals surface area contributed by atoms with Crippen molar-refractivity contribution >= 4 is 28.7 Å². The quantitative estimate of drug-likeness (QED) is 0.657. The third kappa shape index (κ3) is 4.62. The zero-order chi connectivity index (χ0) is 15.0. The van der Waals surface area contributed by atoms with E-state index in [4.69, 9.17) is 4.74 Å². The number of aromatic nitrogens is 2. The van der Waals surface area contributed by atoms with E-state index < -0.39 is 0 Å². The summed E-state index contributed by atoms with van der Waals surface area (Å²) >= 11 is 7.56. The third-order valence-electron chi connectivity index (χ3n) is 2.29. The number of hydrogen-bond acceptors (Lipinski definition) is 3. The Morgan fingerprint density at radius 3 is 2.70 bits per heavy atom. The van der Waals surface area contributed by atoms with Gasteiger partial charge in [-0.1, -0.05) is 41.8 Å².